The highest BCUT2D eigenvalue weighted by molar-refractivity contribution is 6.40. The van der Waals surface area contributed by atoms with Crippen LogP contribution in [0.15, 0.2) is 18.2 Å². The van der Waals surface area contributed by atoms with Gasteiger partial charge in [0, 0.05) is 0 Å². The number of hydrogen-bond acceptors (Lipinski definition) is 2. The van der Waals surface area contributed by atoms with Crippen LogP contribution in [0.1, 0.15) is 16.7 Å². The van der Waals surface area contributed by atoms with E-state index < -0.39 is 23.4 Å². The fourth-order valence-electron chi connectivity index (χ4n) is 1.40. The van der Waals surface area contributed by atoms with Crippen molar-refractivity contribution < 1.29 is 27.5 Å². The third kappa shape index (κ3) is 2.95. The van der Waals surface area contributed by atoms with E-state index in [1.165, 1.54) is 13.0 Å². The molecule has 0 heterocycles. The van der Waals surface area contributed by atoms with Crippen molar-refractivity contribution in [1.82, 2.24) is 0 Å². The highest BCUT2D eigenvalue weighted by Gasteiger charge is 2.33. The Labute approximate surface area is 101 Å². The first-order valence-electron chi connectivity index (χ1n) is 4.79. The molecule has 0 unspecified atom stereocenters. The first-order valence-corrected chi connectivity index (χ1v) is 4.79. The lowest BCUT2D eigenvalue weighted by molar-refractivity contribution is -0.138. The summed E-state index contributed by atoms with van der Waals surface area (Å²) < 4.78 is 42.1. The molecule has 0 fully saturated rings. The molecule has 0 atom stereocenters. The minimum atomic E-state index is -4.54. The number of aryl methyl sites for hydroxylation is 1. The van der Waals surface area contributed by atoms with Gasteiger partial charge in [0.25, 0.3) is 0 Å². The number of alkyl halides is 3. The quantitative estimate of drug-likeness (QED) is 0.353. The largest absolute Gasteiger partial charge is 0.460 e. The predicted octanol–water partition coefficient (Wildman–Crippen LogP) is 2.21. The molecule has 0 amide bonds. The number of halogens is 3. The first-order chi connectivity index (χ1) is 8.29. The molecule has 0 spiro atoms. The van der Waals surface area contributed by atoms with Gasteiger partial charge in [0.05, 0.1) is 18.2 Å². The fourth-order valence-corrected chi connectivity index (χ4v) is 1.40. The molecule has 96 valence electrons. The molecule has 4 nitrogen and oxygen atoms in total. The van der Waals surface area contributed by atoms with Gasteiger partial charge in [-0.2, -0.15) is 18.0 Å². The SMILES string of the molecule is COC(=O)C(=[N+]=[N-])c1cc(C)cc(C(F)(F)F)c1. The zero-order chi connectivity index (χ0) is 13.9. The van der Waals surface area contributed by atoms with Crippen LogP contribution in [-0.4, -0.2) is 23.6 Å². The van der Waals surface area contributed by atoms with Crippen molar-refractivity contribution in [3.63, 3.8) is 0 Å². The zero-order valence-electron chi connectivity index (χ0n) is 9.58. The highest BCUT2D eigenvalue weighted by atomic mass is 19.4. The van der Waals surface area contributed by atoms with Crippen LogP contribution < -0.4 is 0 Å². The summed E-state index contributed by atoms with van der Waals surface area (Å²) in [6, 6.07) is 2.94. The number of ether oxygens (including phenoxy) is 1. The standard InChI is InChI=1S/C11H9F3N2O2/c1-6-3-7(9(16-15)10(17)18-2)5-8(4-6)11(12,13)14/h3-5H,1-2H3. The number of benzene rings is 1. The Morgan fingerprint density at radius 2 is 1.94 bits per heavy atom. The van der Waals surface area contributed by atoms with Crippen LogP contribution in [0.5, 0.6) is 0 Å². The first kappa shape index (κ1) is 13.9. The van der Waals surface area contributed by atoms with Gasteiger partial charge >= 0.3 is 17.9 Å². The van der Waals surface area contributed by atoms with Crippen LogP contribution >= 0.6 is 0 Å². The maximum Gasteiger partial charge on any atom is 0.422 e. The molecule has 0 saturated heterocycles. The topological polar surface area (TPSA) is 62.7 Å². The van der Waals surface area contributed by atoms with Crippen molar-refractivity contribution in [3.05, 3.63) is 40.4 Å². The number of nitrogens with zero attached hydrogens (tertiary/aromatic N) is 2. The van der Waals surface area contributed by atoms with E-state index in [1.807, 2.05) is 0 Å². The van der Waals surface area contributed by atoms with Gasteiger partial charge in [-0.25, -0.2) is 4.79 Å². The van der Waals surface area contributed by atoms with Crippen LogP contribution in [-0.2, 0) is 15.7 Å². The highest BCUT2D eigenvalue weighted by Crippen LogP contribution is 2.30. The van der Waals surface area contributed by atoms with Crippen LogP contribution in [0, 0.1) is 6.92 Å². The second-order valence-electron chi connectivity index (χ2n) is 3.53. The van der Waals surface area contributed by atoms with Crippen LogP contribution in [0.4, 0.5) is 13.2 Å². The number of carbonyl (C=O) groups is 1. The van der Waals surface area contributed by atoms with Gasteiger partial charge in [-0.15, -0.1) is 0 Å². The Morgan fingerprint density at radius 3 is 2.39 bits per heavy atom. The molecule has 0 saturated carbocycles. The summed E-state index contributed by atoms with van der Waals surface area (Å²) in [5.41, 5.74) is 7.29. The molecule has 0 aliphatic heterocycles. The molecule has 1 aromatic carbocycles. The molecule has 18 heavy (non-hydrogen) atoms. The van der Waals surface area contributed by atoms with E-state index in [2.05, 4.69) is 9.53 Å². The Balaban J connectivity index is 3.39. The molecule has 0 aliphatic rings. The summed E-state index contributed by atoms with van der Waals surface area (Å²) in [7, 11) is 1.04. The maximum atomic E-state index is 12.6. The predicted molar refractivity (Wildman–Crippen MR) is 55.9 cm³/mol. The van der Waals surface area contributed by atoms with Crippen molar-refractivity contribution in [1.29, 1.82) is 0 Å². The van der Waals surface area contributed by atoms with Gasteiger partial charge < -0.3 is 10.3 Å². The van der Waals surface area contributed by atoms with Gasteiger partial charge in [-0.05, 0) is 30.7 Å². The molecule has 0 N–H and O–H groups in total. The summed E-state index contributed by atoms with van der Waals surface area (Å²) in [4.78, 5) is 13.9. The molecular weight excluding hydrogens is 249 g/mol. The van der Waals surface area contributed by atoms with Crippen LogP contribution in [0.25, 0.3) is 5.53 Å². The van der Waals surface area contributed by atoms with E-state index in [9.17, 15) is 18.0 Å². The zero-order valence-corrected chi connectivity index (χ0v) is 9.58. The fraction of sp³-hybridized carbons (Fsp3) is 0.273. The van der Waals surface area contributed by atoms with Gasteiger partial charge in [0.15, 0.2) is 0 Å². The molecule has 7 heteroatoms. The lowest BCUT2D eigenvalue weighted by atomic mass is 10.0. The van der Waals surface area contributed by atoms with Gasteiger partial charge in [-0.1, -0.05) is 0 Å². The number of methoxy groups -OCH3 is 1. The smallest absolute Gasteiger partial charge is 0.422 e. The molecule has 0 aliphatic carbocycles. The molecule has 0 bridgehead atoms. The maximum absolute atomic E-state index is 12.6. The number of esters is 1. The molecule has 1 aromatic rings. The normalized spacial score (nSPS) is 10.7. The third-order valence-corrected chi connectivity index (χ3v) is 2.16. The minimum absolute atomic E-state index is 0.156. The summed E-state index contributed by atoms with van der Waals surface area (Å²) in [5, 5.41) is 0. The van der Waals surface area contributed by atoms with Gasteiger partial charge in [0.2, 0.25) is 0 Å². The Hall–Kier alpha value is -2.14. The summed E-state index contributed by atoms with van der Waals surface area (Å²) >= 11 is 0. The van der Waals surface area contributed by atoms with Crippen molar-refractivity contribution >= 4 is 11.7 Å². The van der Waals surface area contributed by atoms with Crippen molar-refractivity contribution in [3.8, 4) is 0 Å². The molecule has 1 rings (SSSR count). The summed E-state index contributed by atoms with van der Waals surface area (Å²) in [5.74, 6) is -1.02. The van der Waals surface area contributed by atoms with Crippen molar-refractivity contribution in [2.45, 2.75) is 13.1 Å². The number of hydrogen-bond donors (Lipinski definition) is 0. The average molecular weight is 258 g/mol. The van der Waals surface area contributed by atoms with E-state index in [0.29, 0.717) is 0 Å². The summed E-state index contributed by atoms with van der Waals surface area (Å²) in [6.45, 7) is 1.44. The molecular formula is C11H9F3N2O2. The minimum Gasteiger partial charge on any atom is -0.460 e. The average Bonchev–Trinajstić information content (AvgIpc) is 2.27. The monoisotopic (exact) mass is 258 g/mol. The third-order valence-electron chi connectivity index (χ3n) is 2.16. The van der Waals surface area contributed by atoms with Crippen LogP contribution in [0.3, 0.4) is 0 Å². The van der Waals surface area contributed by atoms with E-state index in [0.717, 1.165) is 19.2 Å². The summed E-state index contributed by atoms with van der Waals surface area (Å²) in [6.07, 6.45) is -4.54. The van der Waals surface area contributed by atoms with Gasteiger partial charge in [0.1, 0.15) is 0 Å². The lowest BCUT2D eigenvalue weighted by Gasteiger charge is -2.08. The lowest BCUT2D eigenvalue weighted by Crippen LogP contribution is -2.19. The Morgan fingerprint density at radius 1 is 1.33 bits per heavy atom. The molecule has 0 radical (unpaired) electrons. The van der Waals surface area contributed by atoms with E-state index in [-0.39, 0.29) is 11.1 Å². The van der Waals surface area contributed by atoms with E-state index in [4.69, 9.17) is 5.53 Å². The van der Waals surface area contributed by atoms with Gasteiger partial charge in [-0.3, -0.25) is 0 Å². The van der Waals surface area contributed by atoms with Crippen molar-refractivity contribution in [2.75, 3.05) is 7.11 Å². The van der Waals surface area contributed by atoms with Crippen LogP contribution in [0.2, 0.25) is 0 Å². The van der Waals surface area contributed by atoms with Crippen molar-refractivity contribution in [2.24, 2.45) is 0 Å². The Kier molecular flexibility index (Phi) is 3.88. The Bertz CT molecular complexity index is 532. The molecule has 0 aromatic heterocycles. The number of carbonyl (C=O) groups excluding carboxylic acids is 1. The number of rotatable bonds is 2. The van der Waals surface area contributed by atoms with E-state index in [1.54, 1.807) is 0 Å². The second kappa shape index (κ2) is 5.01. The second-order valence-corrected chi connectivity index (χ2v) is 3.53. The van der Waals surface area contributed by atoms with E-state index >= 15 is 0 Å².